The topological polar surface area (TPSA) is 50.2 Å². The number of carbonyl (C=O) groups is 1. The van der Waals surface area contributed by atoms with Crippen molar-refractivity contribution in [3.05, 3.63) is 35.7 Å². The largest absolute Gasteiger partial charge is 0.481 e. The molecule has 0 aliphatic heterocycles. The van der Waals surface area contributed by atoms with Crippen LogP contribution in [0, 0.1) is 0 Å². The second-order valence-corrected chi connectivity index (χ2v) is 3.36. The lowest BCUT2D eigenvalue weighted by atomic mass is 10.2. The second-order valence-electron chi connectivity index (χ2n) is 2.71. The van der Waals surface area contributed by atoms with Crippen molar-refractivity contribution < 1.29 is 9.90 Å². The highest BCUT2D eigenvalue weighted by Gasteiger charge is 2.00. The lowest BCUT2D eigenvalue weighted by Gasteiger charge is -1.96. The molecule has 0 saturated heterocycles. The fourth-order valence-electron chi connectivity index (χ4n) is 0.975. The van der Waals surface area contributed by atoms with Crippen molar-refractivity contribution in [1.29, 1.82) is 0 Å². The van der Waals surface area contributed by atoms with E-state index in [1.807, 2.05) is 18.2 Å². The van der Waals surface area contributed by atoms with Crippen molar-refractivity contribution in [1.82, 2.24) is 4.98 Å². The number of carboxylic acid groups (broad SMARTS) is 1. The molecule has 0 atom stereocenters. The number of hydrogen-bond donors (Lipinski definition) is 1. The molecule has 1 heterocycles. The molecule has 1 N–H and O–H groups in total. The van der Waals surface area contributed by atoms with E-state index in [-0.39, 0.29) is 6.42 Å². The number of nitrogens with zero attached hydrogens (tertiary/aromatic N) is 1. The van der Waals surface area contributed by atoms with Gasteiger partial charge in [-0.05, 0) is 11.6 Å². The number of rotatable bonds is 4. The highest BCUT2D eigenvalue weighted by atomic mass is 79.9. The van der Waals surface area contributed by atoms with Gasteiger partial charge in [0.1, 0.15) is 0 Å². The van der Waals surface area contributed by atoms with Gasteiger partial charge in [0.05, 0.1) is 12.1 Å². The first-order chi connectivity index (χ1) is 6.72. The molecule has 1 rings (SSSR count). The molecule has 1 aromatic heterocycles. The minimum absolute atomic E-state index is 0.0254. The number of allylic oxidation sites excluding steroid dienone is 1. The Balaban J connectivity index is 2.68. The fourth-order valence-corrected chi connectivity index (χ4v) is 1.16. The van der Waals surface area contributed by atoms with Crippen molar-refractivity contribution in [2.45, 2.75) is 6.42 Å². The first-order valence-corrected chi connectivity index (χ1v) is 5.23. The lowest BCUT2D eigenvalue weighted by molar-refractivity contribution is -0.136. The molecule has 0 bridgehead atoms. The molecule has 0 fully saturated rings. The average molecular weight is 256 g/mol. The van der Waals surface area contributed by atoms with Crippen LogP contribution in [0.3, 0.4) is 0 Å². The Bertz CT molecular complexity index is 332. The van der Waals surface area contributed by atoms with E-state index in [9.17, 15) is 4.79 Å². The Morgan fingerprint density at radius 2 is 2.36 bits per heavy atom. The molecule has 0 aliphatic carbocycles. The van der Waals surface area contributed by atoms with E-state index in [0.29, 0.717) is 5.69 Å². The molecule has 0 saturated carbocycles. The van der Waals surface area contributed by atoms with E-state index in [2.05, 4.69) is 20.9 Å². The summed E-state index contributed by atoms with van der Waals surface area (Å²) in [5.74, 6) is -0.860. The number of pyridine rings is 1. The fraction of sp³-hybridized carbons (Fsp3) is 0.200. The molecule has 0 aliphatic rings. The zero-order valence-electron chi connectivity index (χ0n) is 7.48. The van der Waals surface area contributed by atoms with Gasteiger partial charge >= 0.3 is 5.97 Å². The van der Waals surface area contributed by atoms with E-state index >= 15 is 0 Å². The van der Waals surface area contributed by atoms with Crippen molar-refractivity contribution in [3.8, 4) is 0 Å². The lowest BCUT2D eigenvalue weighted by Crippen LogP contribution is -2.01. The van der Waals surface area contributed by atoms with Crippen molar-refractivity contribution >= 4 is 28.0 Å². The maximum absolute atomic E-state index is 10.4. The molecular weight excluding hydrogens is 246 g/mol. The number of alkyl halides is 1. The summed E-state index contributed by atoms with van der Waals surface area (Å²) in [6.45, 7) is 0. The van der Waals surface area contributed by atoms with Crippen LogP contribution in [-0.2, 0) is 11.2 Å². The Morgan fingerprint density at radius 1 is 1.57 bits per heavy atom. The third kappa shape index (κ3) is 3.70. The van der Waals surface area contributed by atoms with E-state index in [0.717, 1.165) is 10.9 Å². The van der Waals surface area contributed by atoms with Gasteiger partial charge in [-0.1, -0.05) is 34.1 Å². The van der Waals surface area contributed by atoms with Crippen molar-refractivity contribution in [2.24, 2.45) is 0 Å². The van der Waals surface area contributed by atoms with E-state index in [1.54, 1.807) is 12.3 Å². The van der Waals surface area contributed by atoms with E-state index < -0.39 is 5.97 Å². The molecule has 0 spiro atoms. The molecule has 1 aromatic rings. The second kappa shape index (κ2) is 5.54. The predicted molar refractivity (Wildman–Crippen MR) is 58.4 cm³/mol. The van der Waals surface area contributed by atoms with E-state index in [4.69, 9.17) is 5.11 Å². The van der Waals surface area contributed by atoms with Crippen LogP contribution in [0.25, 0.3) is 6.08 Å². The highest BCUT2D eigenvalue weighted by molar-refractivity contribution is 9.09. The third-order valence-electron chi connectivity index (χ3n) is 1.58. The Hall–Kier alpha value is -1.16. The zero-order valence-corrected chi connectivity index (χ0v) is 9.07. The number of aromatic nitrogens is 1. The first-order valence-electron chi connectivity index (χ1n) is 4.11. The third-order valence-corrected chi connectivity index (χ3v) is 1.95. The maximum Gasteiger partial charge on any atom is 0.309 e. The van der Waals surface area contributed by atoms with Crippen LogP contribution < -0.4 is 0 Å². The summed E-state index contributed by atoms with van der Waals surface area (Å²) in [4.78, 5) is 14.4. The highest BCUT2D eigenvalue weighted by Crippen LogP contribution is 2.03. The number of carboxylic acids is 1. The van der Waals surface area contributed by atoms with Gasteiger partial charge in [-0.3, -0.25) is 9.78 Å². The van der Waals surface area contributed by atoms with Gasteiger partial charge in [0.2, 0.25) is 0 Å². The zero-order chi connectivity index (χ0) is 10.4. The minimum Gasteiger partial charge on any atom is -0.481 e. The molecule has 0 amide bonds. The van der Waals surface area contributed by atoms with Gasteiger partial charge in [-0.2, -0.15) is 0 Å². The number of halogens is 1. The average Bonchev–Trinajstić information content (AvgIpc) is 2.16. The number of hydrogen-bond acceptors (Lipinski definition) is 2. The van der Waals surface area contributed by atoms with Crippen LogP contribution >= 0.6 is 15.9 Å². The monoisotopic (exact) mass is 255 g/mol. The molecule has 14 heavy (non-hydrogen) atoms. The van der Waals surface area contributed by atoms with Crippen LogP contribution in [0.1, 0.15) is 11.3 Å². The molecule has 4 heteroatoms. The van der Waals surface area contributed by atoms with Gasteiger partial charge < -0.3 is 5.11 Å². The minimum atomic E-state index is -0.860. The molecule has 0 unspecified atom stereocenters. The summed E-state index contributed by atoms with van der Waals surface area (Å²) < 4.78 is 0. The maximum atomic E-state index is 10.4. The summed E-state index contributed by atoms with van der Waals surface area (Å²) in [6, 6.07) is 3.58. The SMILES string of the molecule is O=C(O)Cc1ccc(C=CCBr)cn1. The van der Waals surface area contributed by atoms with Crippen LogP contribution in [0.15, 0.2) is 24.4 Å². The Labute approximate surface area is 90.6 Å². The van der Waals surface area contributed by atoms with Gasteiger partial charge in [-0.15, -0.1) is 0 Å². The normalized spacial score (nSPS) is 10.6. The van der Waals surface area contributed by atoms with Gasteiger partial charge in [0.15, 0.2) is 0 Å². The van der Waals surface area contributed by atoms with Crippen LogP contribution in [0.2, 0.25) is 0 Å². The molecular formula is C10H10BrNO2. The van der Waals surface area contributed by atoms with Gasteiger partial charge in [-0.25, -0.2) is 0 Å². The van der Waals surface area contributed by atoms with Crippen LogP contribution in [0.4, 0.5) is 0 Å². The van der Waals surface area contributed by atoms with Gasteiger partial charge in [0.25, 0.3) is 0 Å². The Kier molecular flexibility index (Phi) is 4.32. The van der Waals surface area contributed by atoms with Crippen molar-refractivity contribution in [2.75, 3.05) is 5.33 Å². The smallest absolute Gasteiger partial charge is 0.309 e. The number of aliphatic carboxylic acids is 1. The molecule has 0 aromatic carbocycles. The van der Waals surface area contributed by atoms with Crippen LogP contribution in [0.5, 0.6) is 0 Å². The van der Waals surface area contributed by atoms with E-state index in [1.165, 1.54) is 0 Å². The summed E-state index contributed by atoms with van der Waals surface area (Å²) in [5, 5.41) is 9.31. The quantitative estimate of drug-likeness (QED) is 0.839. The molecule has 3 nitrogen and oxygen atoms in total. The summed E-state index contributed by atoms with van der Waals surface area (Å²) in [5.41, 5.74) is 1.55. The van der Waals surface area contributed by atoms with Crippen LogP contribution in [-0.4, -0.2) is 21.4 Å². The standard InChI is InChI=1S/C10H10BrNO2/c11-5-1-2-8-3-4-9(12-7-8)6-10(13)14/h1-4,7H,5-6H2,(H,13,14). The summed E-state index contributed by atoms with van der Waals surface area (Å²) in [7, 11) is 0. The van der Waals surface area contributed by atoms with Gasteiger partial charge in [0, 0.05) is 11.5 Å². The predicted octanol–water partition coefficient (Wildman–Crippen LogP) is 2.12. The molecule has 0 radical (unpaired) electrons. The summed E-state index contributed by atoms with van der Waals surface area (Å²) in [6.07, 6.45) is 5.51. The Morgan fingerprint density at radius 3 is 2.86 bits per heavy atom. The first kappa shape index (κ1) is 10.9. The molecule has 74 valence electrons. The van der Waals surface area contributed by atoms with Crippen molar-refractivity contribution in [3.63, 3.8) is 0 Å². The summed E-state index contributed by atoms with van der Waals surface area (Å²) >= 11 is 3.27.